The summed E-state index contributed by atoms with van der Waals surface area (Å²) in [6.45, 7) is 0. The maximum atomic E-state index is 4.46. The molecule has 7 nitrogen and oxygen atoms in total. The maximum absolute atomic E-state index is 4.46. The Morgan fingerprint density at radius 2 is 1.06 bits per heavy atom. The normalized spacial score (nSPS) is 11.0. The number of aromatic nitrogens is 3. The van der Waals surface area contributed by atoms with E-state index in [1.807, 2.05) is 103 Å². The molecule has 7 heteroatoms. The van der Waals surface area contributed by atoms with Crippen LogP contribution in [-0.2, 0) is 0 Å². The molecule has 0 unspecified atom stereocenters. The van der Waals surface area contributed by atoms with Crippen LogP contribution in [0.25, 0.3) is 6.08 Å². The van der Waals surface area contributed by atoms with Gasteiger partial charge in [0.05, 0.1) is 0 Å². The predicted octanol–water partition coefficient (Wildman–Crippen LogP) is 5.47. The van der Waals surface area contributed by atoms with E-state index < -0.39 is 0 Å². The van der Waals surface area contributed by atoms with Gasteiger partial charge in [-0.05, 0) is 35.9 Å². The largest absolute Gasteiger partial charge is 0.324 e. The van der Waals surface area contributed by atoms with Crippen LogP contribution < -0.4 is 16.1 Å². The number of hydrogen-bond acceptors (Lipinski definition) is 7. The van der Waals surface area contributed by atoms with Crippen molar-refractivity contribution in [3.8, 4) is 0 Å². The Morgan fingerprint density at radius 1 is 0.581 bits per heavy atom. The molecule has 4 rings (SSSR count). The molecule has 0 atom stereocenters. The molecule has 0 amide bonds. The van der Waals surface area contributed by atoms with Crippen molar-refractivity contribution in [1.82, 2.24) is 15.0 Å². The van der Waals surface area contributed by atoms with Crippen LogP contribution >= 0.6 is 0 Å². The minimum atomic E-state index is 0.316. The van der Waals surface area contributed by atoms with Gasteiger partial charge in [-0.1, -0.05) is 72.8 Å². The van der Waals surface area contributed by atoms with E-state index in [9.17, 15) is 0 Å². The highest BCUT2D eigenvalue weighted by Crippen LogP contribution is 2.18. The van der Waals surface area contributed by atoms with Crippen LogP contribution in [0.2, 0.25) is 0 Å². The Labute approximate surface area is 180 Å². The molecule has 0 saturated heterocycles. The lowest BCUT2D eigenvalue weighted by Crippen LogP contribution is -2.07. The van der Waals surface area contributed by atoms with Gasteiger partial charge in [-0.25, -0.2) is 5.43 Å². The summed E-state index contributed by atoms with van der Waals surface area (Å²) in [7, 11) is 0. The fourth-order valence-electron chi connectivity index (χ4n) is 2.70. The smallest absolute Gasteiger partial charge is 0.250 e. The van der Waals surface area contributed by atoms with Crippen molar-refractivity contribution in [2.45, 2.75) is 0 Å². The van der Waals surface area contributed by atoms with Gasteiger partial charge >= 0.3 is 0 Å². The summed E-state index contributed by atoms with van der Waals surface area (Å²) < 4.78 is 0. The van der Waals surface area contributed by atoms with E-state index in [1.54, 1.807) is 6.21 Å². The molecular weight excluding hydrogens is 386 g/mol. The highest BCUT2D eigenvalue weighted by atomic mass is 15.4. The van der Waals surface area contributed by atoms with E-state index in [2.05, 4.69) is 36.1 Å². The summed E-state index contributed by atoms with van der Waals surface area (Å²) in [5, 5.41) is 10.6. The third-order valence-electron chi connectivity index (χ3n) is 4.11. The van der Waals surface area contributed by atoms with Gasteiger partial charge in [0.1, 0.15) is 0 Å². The molecule has 0 bridgehead atoms. The minimum absolute atomic E-state index is 0.316. The Balaban J connectivity index is 1.50. The molecule has 3 aromatic carbocycles. The second kappa shape index (κ2) is 10.3. The first-order valence-corrected chi connectivity index (χ1v) is 9.76. The van der Waals surface area contributed by atoms with Crippen LogP contribution in [0.15, 0.2) is 102 Å². The number of benzene rings is 3. The van der Waals surface area contributed by atoms with Gasteiger partial charge in [0.15, 0.2) is 0 Å². The summed E-state index contributed by atoms with van der Waals surface area (Å²) in [6, 6.07) is 29.4. The van der Waals surface area contributed by atoms with Crippen LogP contribution in [-0.4, -0.2) is 21.2 Å². The van der Waals surface area contributed by atoms with E-state index >= 15 is 0 Å². The summed E-state index contributed by atoms with van der Waals surface area (Å²) >= 11 is 0. The van der Waals surface area contributed by atoms with Crippen LogP contribution in [0, 0.1) is 0 Å². The molecule has 1 heterocycles. The molecule has 0 spiro atoms. The van der Waals surface area contributed by atoms with Crippen molar-refractivity contribution < 1.29 is 0 Å². The quantitative estimate of drug-likeness (QED) is 0.265. The number of hydrogen-bond donors (Lipinski definition) is 3. The number of nitrogens with one attached hydrogen (secondary N) is 3. The molecule has 152 valence electrons. The Hall–Kier alpha value is -4.52. The average molecular weight is 407 g/mol. The molecule has 0 aliphatic carbocycles. The lowest BCUT2D eigenvalue weighted by Gasteiger charge is -2.10. The summed E-state index contributed by atoms with van der Waals surface area (Å²) in [6.07, 6.45) is 5.45. The fraction of sp³-hybridized carbons (Fsp3) is 0. The van der Waals surface area contributed by atoms with E-state index in [1.165, 1.54) is 0 Å². The van der Waals surface area contributed by atoms with Crippen molar-refractivity contribution in [2.24, 2.45) is 5.10 Å². The van der Waals surface area contributed by atoms with Crippen LogP contribution in [0.4, 0.5) is 29.2 Å². The lowest BCUT2D eigenvalue weighted by atomic mass is 10.2. The van der Waals surface area contributed by atoms with Crippen LogP contribution in [0.3, 0.4) is 0 Å². The zero-order chi connectivity index (χ0) is 21.1. The molecule has 0 radical (unpaired) electrons. The standard InChI is InChI=1S/C24H21N7/c1-4-11-19(12-5-1)13-10-18-25-31-24-29-22(26-20-14-6-2-7-15-20)28-23(30-24)27-21-16-8-3-9-17-21/h1-18H,(H3,26,27,28,29,30,31). The first-order chi connectivity index (χ1) is 15.3. The molecular formula is C24H21N7. The second-order valence-corrected chi connectivity index (χ2v) is 6.45. The van der Waals surface area contributed by atoms with Gasteiger partial charge in [0, 0.05) is 17.6 Å². The first kappa shape index (κ1) is 19.8. The van der Waals surface area contributed by atoms with Gasteiger partial charge in [0.2, 0.25) is 17.8 Å². The molecule has 0 aliphatic rings. The summed E-state index contributed by atoms with van der Waals surface area (Å²) in [4.78, 5) is 13.3. The SMILES string of the molecule is C(=Cc1ccccc1)C=NNc1nc(Nc2ccccc2)nc(Nc2ccccc2)n1. The Bertz CT molecular complexity index is 1080. The van der Waals surface area contributed by atoms with E-state index in [0.29, 0.717) is 17.8 Å². The number of para-hydroxylation sites is 2. The first-order valence-electron chi connectivity index (χ1n) is 9.76. The van der Waals surface area contributed by atoms with E-state index in [-0.39, 0.29) is 0 Å². The third-order valence-corrected chi connectivity index (χ3v) is 4.11. The zero-order valence-corrected chi connectivity index (χ0v) is 16.7. The Kier molecular flexibility index (Phi) is 6.58. The van der Waals surface area contributed by atoms with Crippen molar-refractivity contribution in [3.05, 3.63) is 103 Å². The molecule has 3 N–H and O–H groups in total. The number of anilines is 5. The molecule has 0 fully saturated rings. The van der Waals surface area contributed by atoms with Crippen molar-refractivity contribution in [3.63, 3.8) is 0 Å². The fourth-order valence-corrected chi connectivity index (χ4v) is 2.70. The van der Waals surface area contributed by atoms with E-state index in [0.717, 1.165) is 16.9 Å². The number of allylic oxidation sites excluding steroid dienone is 1. The van der Waals surface area contributed by atoms with Gasteiger partial charge in [-0.3, -0.25) is 0 Å². The maximum Gasteiger partial charge on any atom is 0.250 e. The summed E-state index contributed by atoms with van der Waals surface area (Å²) in [5.74, 6) is 1.12. The third kappa shape index (κ3) is 6.23. The molecule has 0 saturated carbocycles. The topological polar surface area (TPSA) is 87.1 Å². The predicted molar refractivity (Wildman–Crippen MR) is 127 cm³/mol. The average Bonchev–Trinajstić information content (AvgIpc) is 2.81. The van der Waals surface area contributed by atoms with Gasteiger partial charge in [0.25, 0.3) is 0 Å². The van der Waals surface area contributed by atoms with Crippen molar-refractivity contribution in [1.29, 1.82) is 0 Å². The van der Waals surface area contributed by atoms with Gasteiger partial charge < -0.3 is 10.6 Å². The second-order valence-electron chi connectivity index (χ2n) is 6.45. The highest BCUT2D eigenvalue weighted by Gasteiger charge is 2.07. The number of nitrogens with zero attached hydrogens (tertiary/aromatic N) is 4. The minimum Gasteiger partial charge on any atom is -0.324 e. The van der Waals surface area contributed by atoms with Crippen molar-refractivity contribution in [2.75, 3.05) is 16.1 Å². The lowest BCUT2D eigenvalue weighted by molar-refractivity contribution is 1.04. The van der Waals surface area contributed by atoms with Crippen LogP contribution in [0.1, 0.15) is 5.56 Å². The highest BCUT2D eigenvalue weighted by molar-refractivity contribution is 5.78. The van der Waals surface area contributed by atoms with Crippen molar-refractivity contribution >= 4 is 41.5 Å². The number of hydrazone groups is 1. The Morgan fingerprint density at radius 3 is 1.61 bits per heavy atom. The van der Waals surface area contributed by atoms with Crippen LogP contribution in [0.5, 0.6) is 0 Å². The van der Waals surface area contributed by atoms with Gasteiger partial charge in [-0.2, -0.15) is 20.1 Å². The summed E-state index contributed by atoms with van der Waals surface area (Å²) in [5.41, 5.74) is 5.70. The molecule has 31 heavy (non-hydrogen) atoms. The molecule has 0 aliphatic heterocycles. The zero-order valence-electron chi connectivity index (χ0n) is 16.7. The number of rotatable bonds is 8. The molecule has 1 aromatic heterocycles. The monoisotopic (exact) mass is 407 g/mol. The molecule has 4 aromatic rings. The van der Waals surface area contributed by atoms with Gasteiger partial charge in [-0.15, -0.1) is 0 Å². The van der Waals surface area contributed by atoms with E-state index in [4.69, 9.17) is 0 Å².